The first-order valence-electron chi connectivity index (χ1n) is 8.03. The Morgan fingerprint density at radius 1 is 1.15 bits per heavy atom. The fourth-order valence-electron chi connectivity index (χ4n) is 2.46. The molecule has 0 bridgehead atoms. The molecule has 0 aliphatic rings. The number of hydrogen-bond acceptors (Lipinski definition) is 4. The summed E-state index contributed by atoms with van der Waals surface area (Å²) in [5.74, 6) is 0.0207. The number of benzene rings is 2. The van der Waals surface area contributed by atoms with Crippen LogP contribution in [0.4, 0.5) is 10.1 Å². The number of methoxy groups -OCH3 is 1. The van der Waals surface area contributed by atoms with Gasteiger partial charge in [-0.15, -0.1) is 0 Å². The predicted molar refractivity (Wildman–Crippen MR) is 99.3 cm³/mol. The van der Waals surface area contributed by atoms with Crippen LogP contribution in [0.25, 0.3) is 17.4 Å². The van der Waals surface area contributed by atoms with Crippen molar-refractivity contribution < 1.29 is 18.3 Å². The van der Waals surface area contributed by atoms with Gasteiger partial charge in [0, 0.05) is 6.08 Å². The van der Waals surface area contributed by atoms with Gasteiger partial charge in [0.2, 0.25) is 0 Å². The molecule has 0 radical (unpaired) electrons. The Labute approximate surface area is 155 Å². The molecule has 3 aromatic rings. The molecule has 0 aliphatic carbocycles. The molecule has 1 aromatic heterocycles. The van der Waals surface area contributed by atoms with Gasteiger partial charge < -0.3 is 14.5 Å². The van der Waals surface area contributed by atoms with Crippen molar-refractivity contribution in [3.8, 4) is 23.1 Å². The van der Waals surface area contributed by atoms with Crippen LogP contribution in [-0.4, -0.2) is 13.0 Å². The summed E-state index contributed by atoms with van der Waals surface area (Å²) in [6, 6.07) is 18.0. The Morgan fingerprint density at radius 3 is 2.63 bits per heavy atom. The molecule has 0 fully saturated rings. The summed E-state index contributed by atoms with van der Waals surface area (Å²) in [7, 11) is 1.49. The van der Waals surface area contributed by atoms with E-state index in [0.29, 0.717) is 22.8 Å². The summed E-state index contributed by atoms with van der Waals surface area (Å²) in [5, 5.41) is 11.9. The third-order valence-electron chi connectivity index (χ3n) is 3.77. The molecule has 6 heteroatoms. The smallest absolute Gasteiger partial charge is 0.266 e. The molecule has 0 saturated carbocycles. The van der Waals surface area contributed by atoms with Crippen molar-refractivity contribution in [1.29, 1.82) is 5.26 Å². The van der Waals surface area contributed by atoms with E-state index in [0.717, 1.165) is 0 Å². The number of carbonyl (C=O) groups excluding carboxylic acids is 1. The van der Waals surface area contributed by atoms with E-state index in [1.807, 2.05) is 6.07 Å². The molecule has 1 heterocycles. The maximum atomic E-state index is 13.9. The average molecular weight is 362 g/mol. The van der Waals surface area contributed by atoms with E-state index in [9.17, 15) is 14.4 Å². The van der Waals surface area contributed by atoms with Gasteiger partial charge in [-0.05, 0) is 36.4 Å². The summed E-state index contributed by atoms with van der Waals surface area (Å²) < 4.78 is 24.6. The van der Waals surface area contributed by atoms with Gasteiger partial charge in [0.15, 0.2) is 0 Å². The Balaban J connectivity index is 1.84. The van der Waals surface area contributed by atoms with Gasteiger partial charge in [0.05, 0.1) is 18.4 Å². The number of ether oxygens (including phenoxy) is 1. The van der Waals surface area contributed by atoms with Crippen LogP contribution in [0, 0.1) is 17.1 Å². The molecule has 0 unspecified atom stereocenters. The number of amides is 1. The number of rotatable bonds is 5. The lowest BCUT2D eigenvalue weighted by Crippen LogP contribution is -2.14. The van der Waals surface area contributed by atoms with Crippen molar-refractivity contribution in [1.82, 2.24) is 0 Å². The Hall–Kier alpha value is -3.85. The normalized spacial score (nSPS) is 10.9. The average Bonchev–Trinajstić information content (AvgIpc) is 3.15. The quantitative estimate of drug-likeness (QED) is 0.530. The van der Waals surface area contributed by atoms with Gasteiger partial charge in [-0.3, -0.25) is 4.79 Å². The number of para-hydroxylation sites is 2. The van der Waals surface area contributed by atoms with Gasteiger partial charge in [0.25, 0.3) is 5.91 Å². The summed E-state index contributed by atoms with van der Waals surface area (Å²) in [4.78, 5) is 12.4. The molecule has 0 spiro atoms. The zero-order valence-electron chi connectivity index (χ0n) is 14.4. The Bertz CT molecular complexity index is 1050. The first-order valence-corrected chi connectivity index (χ1v) is 8.03. The molecule has 1 amide bonds. The number of hydrogen-bond donors (Lipinski definition) is 1. The van der Waals surface area contributed by atoms with Crippen LogP contribution in [0.2, 0.25) is 0 Å². The fraction of sp³-hybridized carbons (Fsp3) is 0.0476. The number of halogens is 1. The third-order valence-corrected chi connectivity index (χ3v) is 3.77. The minimum absolute atomic E-state index is 0.157. The predicted octanol–water partition coefficient (Wildman–Crippen LogP) is 4.64. The topological polar surface area (TPSA) is 75.3 Å². The lowest BCUT2D eigenvalue weighted by atomic mass is 10.1. The number of anilines is 1. The van der Waals surface area contributed by atoms with Gasteiger partial charge >= 0.3 is 0 Å². The molecular weight excluding hydrogens is 347 g/mol. The maximum absolute atomic E-state index is 13.9. The molecule has 2 aromatic carbocycles. The highest BCUT2D eigenvalue weighted by Gasteiger charge is 2.14. The van der Waals surface area contributed by atoms with Crippen LogP contribution >= 0.6 is 0 Å². The second kappa shape index (κ2) is 8.02. The lowest BCUT2D eigenvalue weighted by molar-refractivity contribution is -0.112. The van der Waals surface area contributed by atoms with Crippen molar-refractivity contribution in [2.45, 2.75) is 0 Å². The largest absolute Gasteiger partial charge is 0.495 e. The summed E-state index contributed by atoms with van der Waals surface area (Å²) in [6.45, 7) is 0. The number of carbonyl (C=O) groups is 1. The van der Waals surface area contributed by atoms with Crippen molar-refractivity contribution in [3.05, 3.63) is 77.8 Å². The van der Waals surface area contributed by atoms with E-state index in [1.165, 1.54) is 19.3 Å². The molecule has 0 aliphatic heterocycles. The molecular formula is C21H15FN2O3. The highest BCUT2D eigenvalue weighted by Crippen LogP contribution is 2.26. The number of furan rings is 1. The third kappa shape index (κ3) is 4.05. The van der Waals surface area contributed by atoms with E-state index in [4.69, 9.17) is 9.15 Å². The Morgan fingerprint density at radius 2 is 1.89 bits per heavy atom. The van der Waals surface area contributed by atoms with Gasteiger partial charge in [-0.25, -0.2) is 4.39 Å². The number of nitrogens with one attached hydrogen (secondary N) is 1. The van der Waals surface area contributed by atoms with Crippen molar-refractivity contribution >= 4 is 17.7 Å². The number of nitriles is 1. The number of nitrogens with zero attached hydrogens (tertiary/aromatic N) is 1. The van der Waals surface area contributed by atoms with E-state index >= 15 is 0 Å². The highest BCUT2D eigenvalue weighted by molar-refractivity contribution is 6.10. The molecule has 27 heavy (non-hydrogen) atoms. The molecule has 5 nitrogen and oxygen atoms in total. The first-order chi connectivity index (χ1) is 13.1. The van der Waals surface area contributed by atoms with Crippen LogP contribution in [-0.2, 0) is 4.79 Å². The lowest BCUT2D eigenvalue weighted by Gasteiger charge is -2.08. The maximum Gasteiger partial charge on any atom is 0.266 e. The summed E-state index contributed by atoms with van der Waals surface area (Å²) >= 11 is 0. The van der Waals surface area contributed by atoms with Crippen LogP contribution < -0.4 is 10.1 Å². The standard InChI is InChI=1S/C21H15FN2O3/c1-26-20-9-5-4-8-18(20)24-21(25)14(13-23)12-15-10-11-19(27-15)16-6-2-3-7-17(16)22/h2-12H,1H3,(H,24,25)/b14-12+. The molecule has 1 N–H and O–H groups in total. The highest BCUT2D eigenvalue weighted by atomic mass is 19.1. The van der Waals surface area contributed by atoms with Crippen molar-refractivity contribution in [3.63, 3.8) is 0 Å². The minimum Gasteiger partial charge on any atom is -0.495 e. The second-order valence-electron chi connectivity index (χ2n) is 5.51. The summed E-state index contributed by atoms with van der Waals surface area (Å²) in [6.07, 6.45) is 1.30. The molecule has 0 atom stereocenters. The second-order valence-corrected chi connectivity index (χ2v) is 5.51. The monoisotopic (exact) mass is 362 g/mol. The zero-order chi connectivity index (χ0) is 19.2. The fourth-order valence-corrected chi connectivity index (χ4v) is 2.46. The van der Waals surface area contributed by atoms with Crippen molar-refractivity contribution in [2.24, 2.45) is 0 Å². The molecule has 3 rings (SSSR count). The van der Waals surface area contributed by atoms with E-state index < -0.39 is 11.7 Å². The van der Waals surface area contributed by atoms with E-state index in [-0.39, 0.29) is 11.3 Å². The van der Waals surface area contributed by atoms with Crippen LogP contribution in [0.3, 0.4) is 0 Å². The van der Waals surface area contributed by atoms with Gasteiger partial charge in [0.1, 0.15) is 34.7 Å². The van der Waals surface area contributed by atoms with Crippen LogP contribution in [0.5, 0.6) is 5.75 Å². The zero-order valence-corrected chi connectivity index (χ0v) is 14.4. The minimum atomic E-state index is -0.606. The van der Waals surface area contributed by atoms with E-state index in [2.05, 4.69) is 5.32 Å². The van der Waals surface area contributed by atoms with Gasteiger partial charge in [-0.2, -0.15) is 5.26 Å². The molecule has 134 valence electrons. The van der Waals surface area contributed by atoms with Crippen LogP contribution in [0.1, 0.15) is 5.76 Å². The Kier molecular flexibility index (Phi) is 5.33. The first kappa shape index (κ1) is 18.0. The SMILES string of the molecule is COc1ccccc1NC(=O)/C(C#N)=C/c1ccc(-c2ccccc2F)o1. The van der Waals surface area contributed by atoms with E-state index in [1.54, 1.807) is 54.6 Å². The van der Waals surface area contributed by atoms with Gasteiger partial charge in [-0.1, -0.05) is 24.3 Å². The summed E-state index contributed by atoms with van der Waals surface area (Å²) in [5.41, 5.74) is 0.585. The molecule has 0 saturated heterocycles. The van der Waals surface area contributed by atoms with Crippen LogP contribution in [0.15, 0.2) is 70.7 Å². The van der Waals surface area contributed by atoms with Crippen molar-refractivity contribution in [2.75, 3.05) is 12.4 Å².